The third kappa shape index (κ3) is 5.63. The minimum atomic E-state index is -4.83. The number of ether oxygens (including phenoxy) is 2. The maximum absolute atomic E-state index is 12.4. The second-order valence-corrected chi connectivity index (χ2v) is 4.59. The molecule has 0 heterocycles. The Morgan fingerprint density at radius 3 is 2.43 bits per heavy atom. The first-order chi connectivity index (χ1) is 9.74. The van der Waals surface area contributed by atoms with Crippen LogP contribution in [0.3, 0.4) is 0 Å². The minimum Gasteiger partial charge on any atom is -0.465 e. The average Bonchev–Trinajstić information content (AvgIpc) is 2.35. The van der Waals surface area contributed by atoms with Crippen molar-refractivity contribution in [1.82, 2.24) is 5.32 Å². The van der Waals surface area contributed by atoms with Crippen LogP contribution in [0.15, 0.2) is 24.3 Å². The molecule has 1 atom stereocenters. The van der Waals surface area contributed by atoms with Crippen molar-refractivity contribution in [2.75, 3.05) is 6.61 Å². The Labute approximate surface area is 121 Å². The second-order valence-electron chi connectivity index (χ2n) is 4.59. The molecule has 0 amide bonds. The van der Waals surface area contributed by atoms with Crippen molar-refractivity contribution < 1.29 is 27.4 Å². The molecule has 0 fully saturated rings. The van der Waals surface area contributed by atoms with E-state index in [4.69, 9.17) is 4.74 Å². The molecule has 0 saturated heterocycles. The van der Waals surface area contributed by atoms with E-state index in [2.05, 4.69) is 10.1 Å². The Morgan fingerprint density at radius 2 is 1.90 bits per heavy atom. The third-order valence-electron chi connectivity index (χ3n) is 2.48. The van der Waals surface area contributed by atoms with Crippen LogP contribution in [0.1, 0.15) is 32.4 Å². The summed E-state index contributed by atoms with van der Waals surface area (Å²) in [7, 11) is 0. The molecule has 0 saturated carbocycles. The van der Waals surface area contributed by atoms with E-state index in [1.807, 2.05) is 0 Å². The highest BCUT2D eigenvalue weighted by Crippen LogP contribution is 2.31. The van der Waals surface area contributed by atoms with E-state index in [-0.39, 0.29) is 18.2 Å². The molecule has 1 rings (SSSR count). The van der Waals surface area contributed by atoms with Crippen LogP contribution in [0, 0.1) is 0 Å². The molecule has 1 aromatic carbocycles. The molecule has 0 aliphatic rings. The van der Waals surface area contributed by atoms with Crippen LogP contribution in [-0.4, -0.2) is 25.0 Å². The maximum Gasteiger partial charge on any atom is 0.573 e. The summed E-state index contributed by atoms with van der Waals surface area (Å²) in [6, 6.07) is 4.35. The van der Waals surface area contributed by atoms with Crippen LogP contribution in [-0.2, 0) is 9.53 Å². The SMILES string of the molecule is CCOC(=O)C(NC(C)C)c1ccccc1OC(F)(F)F. The molecule has 0 spiro atoms. The maximum atomic E-state index is 12.4. The second kappa shape index (κ2) is 7.31. The molecule has 21 heavy (non-hydrogen) atoms. The lowest BCUT2D eigenvalue weighted by molar-refractivity contribution is -0.275. The number of hydrogen-bond acceptors (Lipinski definition) is 4. The summed E-state index contributed by atoms with van der Waals surface area (Å²) in [6.07, 6.45) is -4.83. The van der Waals surface area contributed by atoms with E-state index in [9.17, 15) is 18.0 Å². The van der Waals surface area contributed by atoms with Crippen molar-refractivity contribution in [3.63, 3.8) is 0 Å². The highest BCUT2D eigenvalue weighted by Gasteiger charge is 2.34. The highest BCUT2D eigenvalue weighted by molar-refractivity contribution is 5.78. The quantitative estimate of drug-likeness (QED) is 0.820. The van der Waals surface area contributed by atoms with Crippen molar-refractivity contribution in [3.8, 4) is 5.75 Å². The summed E-state index contributed by atoms with van der Waals surface area (Å²) in [5.74, 6) is -1.07. The molecular weight excluding hydrogens is 287 g/mol. The molecule has 4 nitrogen and oxygen atoms in total. The molecule has 0 bridgehead atoms. The van der Waals surface area contributed by atoms with E-state index in [1.54, 1.807) is 20.8 Å². The Hall–Kier alpha value is -1.76. The van der Waals surface area contributed by atoms with Crippen LogP contribution >= 0.6 is 0 Å². The van der Waals surface area contributed by atoms with Gasteiger partial charge in [-0.3, -0.25) is 5.32 Å². The van der Waals surface area contributed by atoms with Gasteiger partial charge in [-0.25, -0.2) is 4.79 Å². The Balaban J connectivity index is 3.14. The number of alkyl halides is 3. The number of hydrogen-bond donors (Lipinski definition) is 1. The van der Waals surface area contributed by atoms with Gasteiger partial charge < -0.3 is 9.47 Å². The lowest BCUT2D eigenvalue weighted by Gasteiger charge is -2.22. The van der Waals surface area contributed by atoms with Gasteiger partial charge in [-0.2, -0.15) is 0 Å². The Morgan fingerprint density at radius 1 is 1.29 bits per heavy atom. The molecule has 0 aliphatic carbocycles. The van der Waals surface area contributed by atoms with E-state index in [1.165, 1.54) is 18.2 Å². The predicted molar refractivity (Wildman–Crippen MR) is 70.8 cm³/mol. The molecule has 1 unspecified atom stereocenters. The van der Waals surface area contributed by atoms with Gasteiger partial charge in [0.05, 0.1) is 6.61 Å². The molecule has 0 aliphatic heterocycles. The highest BCUT2D eigenvalue weighted by atomic mass is 19.4. The fourth-order valence-electron chi connectivity index (χ4n) is 1.78. The zero-order valence-electron chi connectivity index (χ0n) is 12.0. The van der Waals surface area contributed by atoms with Gasteiger partial charge in [0.25, 0.3) is 0 Å². The standard InChI is InChI=1S/C14H18F3NO3/c1-4-20-13(19)12(18-9(2)3)10-7-5-6-8-11(10)21-14(15,16)17/h5-9,12,18H,4H2,1-3H3. The zero-order valence-corrected chi connectivity index (χ0v) is 12.0. The number of halogens is 3. The normalized spacial score (nSPS) is 13.1. The summed E-state index contributed by atoms with van der Waals surface area (Å²) in [5.41, 5.74) is 0.0852. The van der Waals surface area contributed by atoms with Crippen LogP contribution < -0.4 is 10.1 Å². The Bertz CT molecular complexity index is 475. The van der Waals surface area contributed by atoms with Gasteiger partial charge in [-0.1, -0.05) is 18.2 Å². The van der Waals surface area contributed by atoms with Gasteiger partial charge >= 0.3 is 12.3 Å². The van der Waals surface area contributed by atoms with Crippen molar-refractivity contribution in [3.05, 3.63) is 29.8 Å². The van der Waals surface area contributed by atoms with Crippen LogP contribution in [0.5, 0.6) is 5.75 Å². The number of benzene rings is 1. The van der Waals surface area contributed by atoms with Gasteiger partial charge in [-0.15, -0.1) is 13.2 Å². The Kier molecular flexibility index (Phi) is 6.02. The van der Waals surface area contributed by atoms with Crippen LogP contribution in [0.2, 0.25) is 0 Å². The predicted octanol–water partition coefficient (Wildman–Crippen LogP) is 3.19. The third-order valence-corrected chi connectivity index (χ3v) is 2.48. The van der Waals surface area contributed by atoms with Gasteiger partial charge in [0.1, 0.15) is 11.8 Å². The lowest BCUT2D eigenvalue weighted by Crippen LogP contribution is -2.35. The van der Waals surface area contributed by atoms with Crippen molar-refractivity contribution in [1.29, 1.82) is 0 Å². The lowest BCUT2D eigenvalue weighted by atomic mass is 10.0. The van der Waals surface area contributed by atoms with Gasteiger partial charge in [-0.05, 0) is 26.8 Å². The number of rotatable bonds is 6. The van der Waals surface area contributed by atoms with Crippen molar-refractivity contribution in [2.24, 2.45) is 0 Å². The molecule has 0 aromatic heterocycles. The number of esters is 1. The van der Waals surface area contributed by atoms with Crippen LogP contribution in [0.25, 0.3) is 0 Å². The summed E-state index contributed by atoms with van der Waals surface area (Å²) in [5, 5.41) is 2.88. The van der Waals surface area contributed by atoms with Gasteiger partial charge in [0, 0.05) is 11.6 Å². The summed E-state index contributed by atoms with van der Waals surface area (Å²) in [6.45, 7) is 5.32. The first-order valence-electron chi connectivity index (χ1n) is 6.52. The minimum absolute atomic E-state index is 0.0852. The van der Waals surface area contributed by atoms with E-state index < -0.39 is 24.1 Å². The summed E-state index contributed by atoms with van der Waals surface area (Å²) >= 11 is 0. The topological polar surface area (TPSA) is 47.6 Å². The van der Waals surface area contributed by atoms with Crippen molar-refractivity contribution in [2.45, 2.75) is 39.2 Å². The molecule has 118 valence electrons. The number of carbonyl (C=O) groups excluding carboxylic acids is 1. The summed E-state index contributed by atoms with van der Waals surface area (Å²) < 4.78 is 46.2. The number of carbonyl (C=O) groups is 1. The largest absolute Gasteiger partial charge is 0.573 e. The number of para-hydroxylation sites is 1. The fraction of sp³-hybridized carbons (Fsp3) is 0.500. The first-order valence-corrected chi connectivity index (χ1v) is 6.52. The molecule has 1 N–H and O–H groups in total. The van der Waals surface area contributed by atoms with E-state index >= 15 is 0 Å². The van der Waals surface area contributed by atoms with E-state index in [0.29, 0.717) is 0 Å². The van der Waals surface area contributed by atoms with Crippen molar-refractivity contribution >= 4 is 5.97 Å². The zero-order chi connectivity index (χ0) is 16.0. The van der Waals surface area contributed by atoms with Crippen LogP contribution in [0.4, 0.5) is 13.2 Å². The average molecular weight is 305 g/mol. The molecule has 0 radical (unpaired) electrons. The van der Waals surface area contributed by atoms with E-state index in [0.717, 1.165) is 6.07 Å². The molecule has 7 heteroatoms. The monoisotopic (exact) mass is 305 g/mol. The number of nitrogens with one attached hydrogen (secondary N) is 1. The smallest absolute Gasteiger partial charge is 0.465 e. The summed E-state index contributed by atoms with van der Waals surface area (Å²) in [4.78, 5) is 12.0. The van der Waals surface area contributed by atoms with Gasteiger partial charge in [0.2, 0.25) is 0 Å². The molecule has 1 aromatic rings. The fourth-order valence-corrected chi connectivity index (χ4v) is 1.78. The van der Waals surface area contributed by atoms with Gasteiger partial charge in [0.15, 0.2) is 0 Å². The molecular formula is C14H18F3NO3. The first kappa shape index (κ1) is 17.3.